The van der Waals surface area contributed by atoms with E-state index >= 15 is 0 Å². The van der Waals surface area contributed by atoms with Gasteiger partial charge in [0, 0.05) is 34.9 Å². The average molecular weight is 424 g/mol. The van der Waals surface area contributed by atoms with E-state index in [-0.39, 0.29) is 36.3 Å². The summed E-state index contributed by atoms with van der Waals surface area (Å²) < 4.78 is 0. The quantitative estimate of drug-likeness (QED) is 0.716. The Bertz CT molecular complexity index is 858. The van der Waals surface area contributed by atoms with Gasteiger partial charge in [-0.05, 0) is 61.4 Å². The number of carbonyl (C=O) groups excluding carboxylic acids is 2. The van der Waals surface area contributed by atoms with Crippen molar-refractivity contribution in [3.05, 3.63) is 58.6 Å². The molecule has 2 N–H and O–H groups in total. The first-order valence-corrected chi connectivity index (χ1v) is 9.07. The minimum absolute atomic E-state index is 0. The predicted molar refractivity (Wildman–Crippen MR) is 113 cm³/mol. The molecule has 0 saturated heterocycles. The molecule has 3 rings (SSSR count). The van der Waals surface area contributed by atoms with Gasteiger partial charge in [-0.1, -0.05) is 11.6 Å². The summed E-state index contributed by atoms with van der Waals surface area (Å²) in [6.45, 7) is 3.57. The number of nitrogens with zero attached hydrogens (tertiary/aromatic N) is 1. The summed E-state index contributed by atoms with van der Waals surface area (Å²) in [5, 5.41) is 4.16. The monoisotopic (exact) mass is 423 g/mol. The molecule has 1 heterocycles. The third-order valence-corrected chi connectivity index (χ3v) is 4.91. The predicted octanol–water partition coefficient (Wildman–Crippen LogP) is 4.35. The van der Waals surface area contributed by atoms with Gasteiger partial charge in [-0.25, -0.2) is 5.48 Å². The maximum Gasteiger partial charge on any atom is 0.274 e. The first kappa shape index (κ1) is 22.0. The van der Waals surface area contributed by atoms with Crippen LogP contribution in [0.5, 0.6) is 0 Å². The minimum atomic E-state index is -0.335. The van der Waals surface area contributed by atoms with Gasteiger partial charge in [0.2, 0.25) is 5.91 Å². The SMILES string of the molecule is CONC(=O)c1ccc2c(c1)C(Nc1ccc(Cl)cc1)CC(C)N2C(C)=O.Cl. The molecule has 0 radical (unpaired) electrons. The summed E-state index contributed by atoms with van der Waals surface area (Å²) in [6, 6.07) is 12.7. The molecule has 2 atom stereocenters. The van der Waals surface area contributed by atoms with Gasteiger partial charge in [0.05, 0.1) is 13.2 Å². The number of benzene rings is 2. The van der Waals surface area contributed by atoms with E-state index in [0.717, 1.165) is 16.9 Å². The molecule has 1 aliphatic heterocycles. The zero-order chi connectivity index (χ0) is 19.6. The molecule has 0 aliphatic carbocycles. The highest BCUT2D eigenvalue weighted by Gasteiger charge is 2.33. The third-order valence-electron chi connectivity index (χ3n) is 4.66. The molecule has 8 heteroatoms. The van der Waals surface area contributed by atoms with Crippen molar-refractivity contribution < 1.29 is 14.4 Å². The Balaban J connectivity index is 0.00000280. The molecular formula is C20H23Cl2N3O3. The van der Waals surface area contributed by atoms with E-state index in [1.54, 1.807) is 24.0 Å². The second-order valence-corrected chi connectivity index (χ2v) is 7.02. The van der Waals surface area contributed by atoms with Crippen molar-refractivity contribution in [1.29, 1.82) is 0 Å². The number of fused-ring (bicyclic) bond motifs is 1. The third kappa shape index (κ3) is 4.58. The Morgan fingerprint density at radius 2 is 1.86 bits per heavy atom. The Labute approximate surface area is 175 Å². The number of hydroxylamine groups is 1. The van der Waals surface area contributed by atoms with Crippen molar-refractivity contribution in [3.63, 3.8) is 0 Å². The first-order chi connectivity index (χ1) is 12.9. The van der Waals surface area contributed by atoms with Crippen molar-refractivity contribution in [2.45, 2.75) is 32.4 Å². The number of halogens is 2. The molecule has 2 amide bonds. The summed E-state index contributed by atoms with van der Waals surface area (Å²) in [5.41, 5.74) is 5.42. The Morgan fingerprint density at radius 3 is 2.46 bits per heavy atom. The molecule has 6 nitrogen and oxygen atoms in total. The fourth-order valence-electron chi connectivity index (χ4n) is 3.52. The van der Waals surface area contributed by atoms with E-state index in [2.05, 4.69) is 10.8 Å². The Hall–Kier alpha value is -2.28. The zero-order valence-corrected chi connectivity index (χ0v) is 17.4. The van der Waals surface area contributed by atoms with Crippen LogP contribution in [0.15, 0.2) is 42.5 Å². The lowest BCUT2D eigenvalue weighted by Gasteiger charge is -2.39. The zero-order valence-electron chi connectivity index (χ0n) is 15.9. The summed E-state index contributed by atoms with van der Waals surface area (Å²) in [7, 11) is 1.39. The summed E-state index contributed by atoms with van der Waals surface area (Å²) >= 11 is 5.97. The maximum absolute atomic E-state index is 12.2. The Morgan fingerprint density at radius 1 is 1.18 bits per heavy atom. The maximum atomic E-state index is 12.2. The van der Waals surface area contributed by atoms with Crippen molar-refractivity contribution in [1.82, 2.24) is 5.48 Å². The van der Waals surface area contributed by atoms with Crippen LogP contribution < -0.4 is 15.7 Å². The van der Waals surface area contributed by atoms with Gasteiger partial charge in [-0.2, -0.15) is 0 Å². The van der Waals surface area contributed by atoms with E-state index in [1.807, 2.05) is 37.3 Å². The molecule has 2 aromatic carbocycles. The van der Waals surface area contributed by atoms with Crippen LogP contribution in [0.3, 0.4) is 0 Å². The number of anilines is 2. The normalized spacial score (nSPS) is 17.9. The average Bonchev–Trinajstić information content (AvgIpc) is 2.63. The molecule has 0 fully saturated rings. The van der Waals surface area contributed by atoms with Crippen LogP contribution in [0.1, 0.15) is 42.2 Å². The number of amides is 2. The molecule has 2 unspecified atom stereocenters. The summed E-state index contributed by atoms with van der Waals surface area (Å²) in [6.07, 6.45) is 0.713. The second-order valence-electron chi connectivity index (χ2n) is 6.59. The number of hydrogen-bond donors (Lipinski definition) is 2. The van der Waals surface area contributed by atoms with E-state index in [1.165, 1.54) is 7.11 Å². The molecule has 0 spiro atoms. The summed E-state index contributed by atoms with van der Waals surface area (Å²) in [4.78, 5) is 30.8. The lowest BCUT2D eigenvalue weighted by Crippen LogP contribution is -2.43. The van der Waals surface area contributed by atoms with Gasteiger partial charge in [-0.3, -0.25) is 14.4 Å². The van der Waals surface area contributed by atoms with E-state index in [9.17, 15) is 9.59 Å². The standard InChI is InChI=1S/C20H22ClN3O3.ClH/c1-12-10-18(22-16-7-5-15(21)6-8-16)17-11-14(20(26)23-27-3)4-9-19(17)24(12)13(2)25;/h4-9,11-12,18,22H,10H2,1-3H3,(H,23,26);1H. The molecule has 150 valence electrons. The molecule has 1 aliphatic rings. The highest BCUT2D eigenvalue weighted by atomic mass is 35.5. The van der Waals surface area contributed by atoms with Gasteiger partial charge in [0.15, 0.2) is 0 Å². The van der Waals surface area contributed by atoms with Crippen molar-refractivity contribution in [2.24, 2.45) is 0 Å². The molecule has 0 aromatic heterocycles. The van der Waals surface area contributed by atoms with Crippen LogP contribution in [0.25, 0.3) is 0 Å². The van der Waals surface area contributed by atoms with E-state index < -0.39 is 0 Å². The van der Waals surface area contributed by atoms with Gasteiger partial charge < -0.3 is 10.2 Å². The molecular weight excluding hydrogens is 401 g/mol. The van der Waals surface area contributed by atoms with Crippen molar-refractivity contribution in [2.75, 3.05) is 17.3 Å². The second kappa shape index (κ2) is 9.28. The van der Waals surface area contributed by atoms with Crippen LogP contribution in [-0.2, 0) is 9.63 Å². The van der Waals surface area contributed by atoms with Crippen LogP contribution in [0, 0.1) is 0 Å². The van der Waals surface area contributed by atoms with Crippen LogP contribution >= 0.6 is 24.0 Å². The largest absolute Gasteiger partial charge is 0.378 e. The van der Waals surface area contributed by atoms with Crippen LogP contribution in [0.2, 0.25) is 5.02 Å². The van der Waals surface area contributed by atoms with E-state index in [4.69, 9.17) is 16.4 Å². The van der Waals surface area contributed by atoms with Gasteiger partial charge >= 0.3 is 0 Å². The topological polar surface area (TPSA) is 70.7 Å². The molecule has 2 aromatic rings. The van der Waals surface area contributed by atoms with Crippen molar-refractivity contribution in [3.8, 4) is 0 Å². The van der Waals surface area contributed by atoms with Crippen molar-refractivity contribution >= 4 is 47.2 Å². The minimum Gasteiger partial charge on any atom is -0.378 e. The van der Waals surface area contributed by atoms with Crippen LogP contribution in [0.4, 0.5) is 11.4 Å². The Kier molecular flexibility index (Phi) is 7.29. The molecule has 0 bridgehead atoms. The van der Waals surface area contributed by atoms with Crippen LogP contribution in [-0.4, -0.2) is 25.0 Å². The highest BCUT2D eigenvalue weighted by Crippen LogP contribution is 2.39. The number of nitrogens with one attached hydrogen (secondary N) is 2. The lowest BCUT2D eigenvalue weighted by molar-refractivity contribution is -0.117. The van der Waals surface area contributed by atoms with E-state index in [0.29, 0.717) is 17.0 Å². The first-order valence-electron chi connectivity index (χ1n) is 8.70. The van der Waals surface area contributed by atoms with Gasteiger partial charge in [-0.15, -0.1) is 12.4 Å². The summed E-state index contributed by atoms with van der Waals surface area (Å²) in [5.74, 6) is -0.360. The number of rotatable bonds is 4. The lowest BCUT2D eigenvalue weighted by atomic mass is 9.90. The highest BCUT2D eigenvalue weighted by molar-refractivity contribution is 6.30. The van der Waals surface area contributed by atoms with Gasteiger partial charge in [0.1, 0.15) is 0 Å². The smallest absolute Gasteiger partial charge is 0.274 e. The number of hydrogen-bond acceptors (Lipinski definition) is 4. The fraction of sp³-hybridized carbons (Fsp3) is 0.300. The number of carbonyl (C=O) groups is 2. The molecule has 0 saturated carbocycles. The van der Waals surface area contributed by atoms with Gasteiger partial charge in [0.25, 0.3) is 5.91 Å². The molecule has 28 heavy (non-hydrogen) atoms. The fourth-order valence-corrected chi connectivity index (χ4v) is 3.65.